The second-order valence-electron chi connectivity index (χ2n) is 5.95. The highest BCUT2D eigenvalue weighted by atomic mass is 32.2. The Labute approximate surface area is 144 Å². The molecule has 0 fully saturated rings. The minimum Gasteiger partial charge on any atom is -0.494 e. The van der Waals surface area contributed by atoms with Gasteiger partial charge in [-0.05, 0) is 60.6 Å². The first-order valence-electron chi connectivity index (χ1n) is 8.19. The van der Waals surface area contributed by atoms with Gasteiger partial charge >= 0.3 is 0 Å². The average Bonchev–Trinajstić information content (AvgIpc) is 2.58. The van der Waals surface area contributed by atoms with Crippen LogP contribution in [0.5, 0.6) is 5.75 Å². The van der Waals surface area contributed by atoms with E-state index in [1.807, 2.05) is 12.1 Å². The van der Waals surface area contributed by atoms with Crippen LogP contribution in [-0.4, -0.2) is 19.6 Å². The van der Waals surface area contributed by atoms with Crippen LogP contribution in [0.1, 0.15) is 43.7 Å². The van der Waals surface area contributed by atoms with E-state index < -0.39 is 10.1 Å². The van der Waals surface area contributed by atoms with E-state index >= 15 is 0 Å². The molecule has 0 bridgehead atoms. The lowest BCUT2D eigenvalue weighted by atomic mass is 9.99. The molecule has 4 nitrogen and oxygen atoms in total. The maximum Gasteiger partial charge on any atom is 0.294 e. The van der Waals surface area contributed by atoms with Gasteiger partial charge in [0.1, 0.15) is 5.75 Å². The second-order valence-corrected chi connectivity index (χ2v) is 7.37. The van der Waals surface area contributed by atoms with Crippen molar-refractivity contribution < 1.29 is 17.7 Å². The molecule has 0 aliphatic heterocycles. The highest BCUT2D eigenvalue weighted by Gasteiger charge is 2.08. The molecule has 0 saturated carbocycles. The van der Waals surface area contributed by atoms with Gasteiger partial charge in [-0.2, -0.15) is 8.42 Å². The zero-order valence-corrected chi connectivity index (χ0v) is 14.9. The molecule has 5 heteroatoms. The van der Waals surface area contributed by atoms with Gasteiger partial charge in [-0.1, -0.05) is 38.1 Å². The zero-order valence-electron chi connectivity index (χ0n) is 14.1. The van der Waals surface area contributed by atoms with Crippen molar-refractivity contribution >= 4 is 10.1 Å². The Bertz CT molecular complexity index is 734. The summed E-state index contributed by atoms with van der Waals surface area (Å²) in [5.41, 5.74) is 2.34. The summed E-state index contributed by atoms with van der Waals surface area (Å²) in [5, 5.41) is 0. The fourth-order valence-corrected chi connectivity index (χ4v) is 2.90. The van der Waals surface area contributed by atoms with Crippen molar-refractivity contribution in [1.82, 2.24) is 0 Å². The third kappa shape index (κ3) is 5.35. The fourth-order valence-electron chi connectivity index (χ4n) is 2.42. The molecule has 0 aliphatic rings. The number of hydrogen-bond donors (Lipinski definition) is 1. The first kappa shape index (κ1) is 18.5. The van der Waals surface area contributed by atoms with Crippen LogP contribution in [0.4, 0.5) is 0 Å². The number of ether oxygens (including phenoxy) is 1. The van der Waals surface area contributed by atoms with Crippen molar-refractivity contribution in [1.29, 1.82) is 0 Å². The Morgan fingerprint density at radius 2 is 1.67 bits per heavy atom. The largest absolute Gasteiger partial charge is 0.494 e. The minimum atomic E-state index is -4.12. The molecule has 0 amide bonds. The lowest BCUT2D eigenvalue weighted by molar-refractivity contribution is 0.311. The molecule has 2 aromatic rings. The molecule has 1 unspecified atom stereocenters. The summed E-state index contributed by atoms with van der Waals surface area (Å²) in [6.45, 7) is 4.99. The summed E-state index contributed by atoms with van der Waals surface area (Å²) in [6.07, 6.45) is 2.74. The molecule has 130 valence electrons. The Hall–Kier alpha value is -1.85. The summed E-state index contributed by atoms with van der Waals surface area (Å²) in [4.78, 5) is -0.0797. The Morgan fingerprint density at radius 3 is 2.21 bits per heavy atom. The van der Waals surface area contributed by atoms with E-state index in [2.05, 4.69) is 26.0 Å². The standard InChI is InChI=1S/C19H24O4S/c1-3-15(2)17-8-10-18(11-9-17)23-14-4-5-16-6-12-19(13-7-16)24(20,21)22/h6-13,15H,3-5,14H2,1-2H3,(H,20,21,22). The van der Waals surface area contributed by atoms with Gasteiger partial charge in [-0.3, -0.25) is 4.55 Å². The van der Waals surface area contributed by atoms with E-state index in [1.165, 1.54) is 17.7 Å². The molecule has 0 aromatic heterocycles. The van der Waals surface area contributed by atoms with Crippen molar-refractivity contribution in [3.05, 3.63) is 59.7 Å². The van der Waals surface area contributed by atoms with Gasteiger partial charge < -0.3 is 4.74 Å². The van der Waals surface area contributed by atoms with E-state index in [9.17, 15) is 8.42 Å². The van der Waals surface area contributed by atoms with Gasteiger partial charge in [0.2, 0.25) is 0 Å². The van der Waals surface area contributed by atoms with Crippen LogP contribution in [0.3, 0.4) is 0 Å². The van der Waals surface area contributed by atoms with E-state index in [1.54, 1.807) is 12.1 Å². The Kier molecular flexibility index (Phi) is 6.40. The monoisotopic (exact) mass is 348 g/mol. The normalized spacial score (nSPS) is 12.8. The molecule has 2 aromatic carbocycles. The molecule has 1 atom stereocenters. The molecule has 0 radical (unpaired) electrons. The highest BCUT2D eigenvalue weighted by Crippen LogP contribution is 2.21. The molecule has 0 heterocycles. The zero-order chi connectivity index (χ0) is 17.6. The lowest BCUT2D eigenvalue weighted by Gasteiger charge is -2.11. The average molecular weight is 348 g/mol. The molecule has 0 aliphatic carbocycles. The predicted molar refractivity (Wildman–Crippen MR) is 95.2 cm³/mol. The van der Waals surface area contributed by atoms with Crippen LogP contribution in [0.15, 0.2) is 53.4 Å². The third-order valence-corrected chi connectivity index (χ3v) is 5.03. The molecule has 0 saturated heterocycles. The fraction of sp³-hybridized carbons (Fsp3) is 0.368. The lowest BCUT2D eigenvalue weighted by Crippen LogP contribution is -2.01. The first-order chi connectivity index (χ1) is 11.4. The minimum absolute atomic E-state index is 0.0797. The molecule has 0 spiro atoms. The van der Waals surface area contributed by atoms with Crippen LogP contribution >= 0.6 is 0 Å². The van der Waals surface area contributed by atoms with Crippen LogP contribution in [0, 0.1) is 0 Å². The quantitative estimate of drug-likeness (QED) is 0.565. The van der Waals surface area contributed by atoms with E-state index in [0.29, 0.717) is 12.5 Å². The van der Waals surface area contributed by atoms with Crippen molar-refractivity contribution in [2.45, 2.75) is 43.9 Å². The number of aryl methyl sites for hydroxylation is 1. The van der Waals surface area contributed by atoms with Gasteiger partial charge in [0.15, 0.2) is 0 Å². The van der Waals surface area contributed by atoms with Crippen molar-refractivity contribution in [3.8, 4) is 5.75 Å². The summed E-state index contributed by atoms with van der Waals surface area (Å²) in [5.74, 6) is 1.42. The highest BCUT2D eigenvalue weighted by molar-refractivity contribution is 7.85. The Morgan fingerprint density at radius 1 is 1.04 bits per heavy atom. The number of rotatable bonds is 8. The summed E-state index contributed by atoms with van der Waals surface area (Å²) in [7, 11) is -4.12. The maximum atomic E-state index is 11.0. The summed E-state index contributed by atoms with van der Waals surface area (Å²) in [6, 6.07) is 14.5. The van der Waals surface area contributed by atoms with Gasteiger partial charge in [-0.15, -0.1) is 0 Å². The smallest absolute Gasteiger partial charge is 0.294 e. The number of benzene rings is 2. The Balaban J connectivity index is 1.78. The van der Waals surface area contributed by atoms with Crippen LogP contribution in [0.2, 0.25) is 0 Å². The van der Waals surface area contributed by atoms with Crippen molar-refractivity contribution in [2.24, 2.45) is 0 Å². The van der Waals surface area contributed by atoms with Crippen LogP contribution in [-0.2, 0) is 16.5 Å². The number of hydrogen-bond acceptors (Lipinski definition) is 3. The van der Waals surface area contributed by atoms with Gasteiger partial charge in [0.05, 0.1) is 11.5 Å². The van der Waals surface area contributed by atoms with Gasteiger partial charge in [-0.25, -0.2) is 0 Å². The maximum absolute atomic E-state index is 11.0. The molecule has 2 rings (SSSR count). The molecular weight excluding hydrogens is 324 g/mol. The summed E-state index contributed by atoms with van der Waals surface area (Å²) < 4.78 is 36.6. The van der Waals surface area contributed by atoms with E-state index in [4.69, 9.17) is 9.29 Å². The van der Waals surface area contributed by atoms with E-state index in [0.717, 1.165) is 30.6 Å². The third-order valence-electron chi connectivity index (χ3n) is 4.16. The van der Waals surface area contributed by atoms with Gasteiger partial charge in [0, 0.05) is 0 Å². The summed E-state index contributed by atoms with van der Waals surface area (Å²) >= 11 is 0. The van der Waals surface area contributed by atoms with E-state index in [-0.39, 0.29) is 4.90 Å². The second kappa shape index (κ2) is 8.31. The molecular formula is C19H24O4S. The van der Waals surface area contributed by atoms with Gasteiger partial charge in [0.25, 0.3) is 10.1 Å². The molecule has 1 N–H and O–H groups in total. The SMILES string of the molecule is CCC(C)c1ccc(OCCCc2ccc(S(=O)(=O)O)cc2)cc1. The van der Waals surface area contributed by atoms with Crippen molar-refractivity contribution in [3.63, 3.8) is 0 Å². The predicted octanol–water partition coefficient (Wildman–Crippen LogP) is 4.46. The molecule has 24 heavy (non-hydrogen) atoms. The first-order valence-corrected chi connectivity index (χ1v) is 9.63. The van der Waals surface area contributed by atoms with Crippen molar-refractivity contribution in [2.75, 3.05) is 6.61 Å². The van der Waals surface area contributed by atoms with Crippen LogP contribution < -0.4 is 4.74 Å². The topological polar surface area (TPSA) is 63.6 Å². The van der Waals surface area contributed by atoms with Crippen LogP contribution in [0.25, 0.3) is 0 Å².